The quantitative estimate of drug-likeness (QED) is 0.681. The molecule has 0 saturated heterocycles. The molecule has 2 nitrogen and oxygen atoms in total. The van der Waals surface area contributed by atoms with E-state index in [1.807, 2.05) is 14.0 Å². The molecule has 0 radical (unpaired) electrons. The zero-order chi connectivity index (χ0) is 9.03. The van der Waals surface area contributed by atoms with Gasteiger partial charge in [-0.2, -0.15) is 5.26 Å². The van der Waals surface area contributed by atoms with Crippen molar-refractivity contribution >= 4 is 0 Å². The summed E-state index contributed by atoms with van der Waals surface area (Å²) in [6.07, 6.45) is 6.37. The van der Waals surface area contributed by atoms with Gasteiger partial charge in [0, 0.05) is 0 Å². The van der Waals surface area contributed by atoms with E-state index in [4.69, 9.17) is 5.26 Å². The van der Waals surface area contributed by atoms with Gasteiger partial charge in [0.25, 0.3) is 0 Å². The molecular weight excluding hydrogens is 148 g/mol. The Morgan fingerprint density at radius 1 is 1.33 bits per heavy atom. The summed E-state index contributed by atoms with van der Waals surface area (Å²) in [5.41, 5.74) is -0.291. The van der Waals surface area contributed by atoms with Gasteiger partial charge in [0.15, 0.2) is 0 Å². The second kappa shape index (κ2) is 3.91. The molecule has 1 N–H and O–H groups in total. The molecule has 1 fully saturated rings. The third-order valence-corrected chi connectivity index (χ3v) is 3.17. The first kappa shape index (κ1) is 9.54. The molecule has 1 saturated carbocycles. The van der Waals surface area contributed by atoms with Crippen LogP contribution in [-0.2, 0) is 0 Å². The van der Waals surface area contributed by atoms with E-state index >= 15 is 0 Å². The number of hydrogen-bond acceptors (Lipinski definition) is 2. The molecule has 1 unspecified atom stereocenters. The molecule has 0 aromatic carbocycles. The van der Waals surface area contributed by atoms with Crippen molar-refractivity contribution in [3.63, 3.8) is 0 Å². The van der Waals surface area contributed by atoms with Crippen LogP contribution in [0.2, 0.25) is 0 Å². The van der Waals surface area contributed by atoms with Gasteiger partial charge in [-0.15, -0.1) is 0 Å². The maximum Gasteiger partial charge on any atom is 0.106 e. The second-order valence-corrected chi connectivity index (χ2v) is 3.90. The smallest absolute Gasteiger partial charge is 0.106 e. The minimum atomic E-state index is -0.291. The van der Waals surface area contributed by atoms with Crippen LogP contribution in [0.15, 0.2) is 0 Å². The minimum Gasteiger partial charge on any atom is -0.302 e. The fourth-order valence-electron chi connectivity index (χ4n) is 2.03. The average molecular weight is 166 g/mol. The Morgan fingerprint density at radius 2 is 1.92 bits per heavy atom. The molecule has 1 atom stereocenters. The fraction of sp³-hybridized carbons (Fsp3) is 0.900. The van der Waals surface area contributed by atoms with Crippen LogP contribution in [0.25, 0.3) is 0 Å². The normalized spacial score (nSPS) is 24.4. The van der Waals surface area contributed by atoms with Gasteiger partial charge in [-0.3, -0.25) is 0 Å². The standard InChI is InChI=1S/C10H18N2/c1-10(8-11,12-2)9-6-4-3-5-7-9/h9,12H,3-7H2,1-2H3. The molecule has 0 aromatic rings. The van der Waals surface area contributed by atoms with Gasteiger partial charge in [0.1, 0.15) is 5.54 Å². The third kappa shape index (κ3) is 1.78. The summed E-state index contributed by atoms with van der Waals surface area (Å²) in [4.78, 5) is 0. The van der Waals surface area contributed by atoms with Crippen molar-refractivity contribution in [1.29, 1.82) is 5.26 Å². The van der Waals surface area contributed by atoms with Gasteiger partial charge in [-0.05, 0) is 32.7 Å². The number of nitrogens with one attached hydrogen (secondary N) is 1. The molecule has 68 valence electrons. The molecule has 0 bridgehead atoms. The van der Waals surface area contributed by atoms with E-state index < -0.39 is 0 Å². The number of hydrogen-bond donors (Lipinski definition) is 1. The van der Waals surface area contributed by atoms with Crippen LogP contribution in [0, 0.1) is 17.2 Å². The van der Waals surface area contributed by atoms with E-state index in [9.17, 15) is 0 Å². The topological polar surface area (TPSA) is 35.8 Å². The van der Waals surface area contributed by atoms with Gasteiger partial charge < -0.3 is 5.32 Å². The summed E-state index contributed by atoms with van der Waals surface area (Å²) in [6.45, 7) is 2.02. The Morgan fingerprint density at radius 3 is 2.33 bits per heavy atom. The largest absolute Gasteiger partial charge is 0.302 e. The molecule has 0 aliphatic heterocycles. The van der Waals surface area contributed by atoms with Crippen LogP contribution >= 0.6 is 0 Å². The van der Waals surface area contributed by atoms with Gasteiger partial charge in [-0.1, -0.05) is 19.3 Å². The fourth-order valence-corrected chi connectivity index (χ4v) is 2.03. The summed E-state index contributed by atoms with van der Waals surface area (Å²) in [5, 5.41) is 12.2. The van der Waals surface area contributed by atoms with Crippen LogP contribution in [0.1, 0.15) is 39.0 Å². The highest BCUT2D eigenvalue weighted by atomic mass is 14.9. The Bertz CT molecular complexity index is 177. The lowest BCUT2D eigenvalue weighted by Crippen LogP contribution is -2.46. The van der Waals surface area contributed by atoms with Crippen molar-refractivity contribution in [2.45, 2.75) is 44.6 Å². The monoisotopic (exact) mass is 166 g/mol. The van der Waals surface area contributed by atoms with E-state index in [0.29, 0.717) is 5.92 Å². The highest BCUT2D eigenvalue weighted by Gasteiger charge is 2.33. The van der Waals surface area contributed by atoms with E-state index in [0.717, 1.165) is 0 Å². The summed E-state index contributed by atoms with van der Waals surface area (Å²) in [7, 11) is 1.89. The Hall–Kier alpha value is -0.550. The van der Waals surface area contributed by atoms with Crippen molar-refractivity contribution in [3.8, 4) is 6.07 Å². The summed E-state index contributed by atoms with van der Waals surface area (Å²) < 4.78 is 0. The van der Waals surface area contributed by atoms with Gasteiger partial charge in [0.05, 0.1) is 6.07 Å². The highest BCUT2D eigenvalue weighted by Crippen LogP contribution is 2.31. The predicted octanol–water partition coefficient (Wildman–Crippen LogP) is 2.07. The first-order chi connectivity index (χ1) is 5.73. The lowest BCUT2D eigenvalue weighted by atomic mass is 9.76. The number of rotatable bonds is 2. The molecule has 0 spiro atoms. The number of nitriles is 1. The zero-order valence-corrected chi connectivity index (χ0v) is 8.06. The Kier molecular flexibility index (Phi) is 3.11. The van der Waals surface area contributed by atoms with Crippen molar-refractivity contribution in [3.05, 3.63) is 0 Å². The molecule has 1 aliphatic carbocycles. The molecule has 0 amide bonds. The summed E-state index contributed by atoms with van der Waals surface area (Å²) >= 11 is 0. The summed E-state index contributed by atoms with van der Waals surface area (Å²) in [6, 6.07) is 2.39. The molecule has 1 aliphatic rings. The Labute approximate surface area is 75.0 Å². The van der Waals surface area contributed by atoms with Crippen LogP contribution in [0.5, 0.6) is 0 Å². The predicted molar refractivity (Wildman–Crippen MR) is 49.7 cm³/mol. The summed E-state index contributed by atoms with van der Waals surface area (Å²) in [5.74, 6) is 0.557. The average Bonchev–Trinajstić information content (AvgIpc) is 2.18. The van der Waals surface area contributed by atoms with Gasteiger partial charge in [0.2, 0.25) is 0 Å². The molecule has 0 heterocycles. The Balaban J connectivity index is 2.59. The lowest BCUT2D eigenvalue weighted by molar-refractivity contribution is 0.238. The molecule has 12 heavy (non-hydrogen) atoms. The first-order valence-corrected chi connectivity index (χ1v) is 4.83. The lowest BCUT2D eigenvalue weighted by Gasteiger charge is -2.34. The SMILES string of the molecule is CNC(C)(C#N)C1CCCCC1. The molecular formula is C10H18N2. The maximum atomic E-state index is 9.03. The zero-order valence-electron chi connectivity index (χ0n) is 8.06. The second-order valence-electron chi connectivity index (χ2n) is 3.90. The highest BCUT2D eigenvalue weighted by molar-refractivity contribution is 5.07. The van der Waals surface area contributed by atoms with Crippen LogP contribution in [0.4, 0.5) is 0 Å². The van der Waals surface area contributed by atoms with E-state index in [2.05, 4.69) is 11.4 Å². The van der Waals surface area contributed by atoms with Crippen LogP contribution < -0.4 is 5.32 Å². The van der Waals surface area contributed by atoms with Crippen molar-refractivity contribution < 1.29 is 0 Å². The number of nitrogens with zero attached hydrogens (tertiary/aromatic N) is 1. The minimum absolute atomic E-state index is 0.291. The van der Waals surface area contributed by atoms with Crippen LogP contribution in [-0.4, -0.2) is 12.6 Å². The van der Waals surface area contributed by atoms with Crippen molar-refractivity contribution in [1.82, 2.24) is 5.32 Å². The molecule has 1 rings (SSSR count). The van der Waals surface area contributed by atoms with Crippen molar-refractivity contribution in [2.24, 2.45) is 5.92 Å². The van der Waals surface area contributed by atoms with E-state index in [1.165, 1.54) is 32.1 Å². The van der Waals surface area contributed by atoms with Gasteiger partial charge >= 0.3 is 0 Å². The van der Waals surface area contributed by atoms with E-state index in [1.54, 1.807) is 0 Å². The third-order valence-electron chi connectivity index (χ3n) is 3.17. The molecule has 2 heteroatoms. The van der Waals surface area contributed by atoms with Crippen LogP contribution in [0.3, 0.4) is 0 Å². The van der Waals surface area contributed by atoms with E-state index in [-0.39, 0.29) is 5.54 Å². The first-order valence-electron chi connectivity index (χ1n) is 4.83. The van der Waals surface area contributed by atoms with Crippen molar-refractivity contribution in [2.75, 3.05) is 7.05 Å². The molecule has 0 aromatic heterocycles. The maximum absolute atomic E-state index is 9.03. The van der Waals surface area contributed by atoms with Gasteiger partial charge in [-0.25, -0.2) is 0 Å².